The van der Waals surface area contributed by atoms with Gasteiger partial charge in [-0.2, -0.15) is 0 Å². The maximum absolute atomic E-state index is 12.5. The van der Waals surface area contributed by atoms with E-state index in [1.807, 2.05) is 54.7 Å². The number of fused-ring (bicyclic) bond motifs is 1. The Morgan fingerprint density at radius 1 is 1.04 bits per heavy atom. The molecule has 1 amide bonds. The number of aromatic nitrogens is 1. The van der Waals surface area contributed by atoms with Gasteiger partial charge in [-0.25, -0.2) is 0 Å². The first kappa shape index (κ1) is 19.2. The molecule has 1 aliphatic rings. The Morgan fingerprint density at radius 2 is 1.79 bits per heavy atom. The minimum atomic E-state index is -0.0131. The van der Waals surface area contributed by atoms with Crippen LogP contribution in [0.5, 0.6) is 0 Å². The summed E-state index contributed by atoms with van der Waals surface area (Å²) in [6.07, 6.45) is 5.76. The standard InChI is InChI=1S/C22H21BrClN3O/c23-19-4-2-1-3-17(19)22(28)27-16-8-6-15(7-9-16)26-20-11-12-25-21-13-14(24)5-10-18(20)21/h1-5,10-13,15-16H,6-9H2,(H,25,26)(H,27,28)/t15-,16+. The first-order valence-corrected chi connectivity index (χ1v) is 10.6. The Bertz CT molecular complexity index is 1000. The zero-order valence-electron chi connectivity index (χ0n) is 15.3. The van der Waals surface area contributed by atoms with Crippen molar-refractivity contribution in [2.45, 2.75) is 37.8 Å². The van der Waals surface area contributed by atoms with E-state index in [0.29, 0.717) is 16.6 Å². The lowest BCUT2D eigenvalue weighted by Crippen LogP contribution is -2.40. The molecule has 0 aliphatic heterocycles. The van der Waals surface area contributed by atoms with Gasteiger partial charge in [0.1, 0.15) is 0 Å². The van der Waals surface area contributed by atoms with E-state index in [-0.39, 0.29) is 11.9 Å². The molecule has 1 aliphatic carbocycles. The average Bonchev–Trinajstić information content (AvgIpc) is 2.69. The molecule has 1 aromatic heterocycles. The Hall–Kier alpha value is -2.11. The van der Waals surface area contributed by atoms with Gasteiger partial charge in [0, 0.05) is 38.8 Å². The molecule has 3 aromatic rings. The summed E-state index contributed by atoms with van der Waals surface area (Å²) in [5.74, 6) is -0.0131. The van der Waals surface area contributed by atoms with E-state index in [1.165, 1.54) is 0 Å². The summed E-state index contributed by atoms with van der Waals surface area (Å²) in [6.45, 7) is 0. The van der Waals surface area contributed by atoms with Gasteiger partial charge in [-0.15, -0.1) is 0 Å². The summed E-state index contributed by atoms with van der Waals surface area (Å²) in [6, 6.07) is 15.9. The van der Waals surface area contributed by atoms with Gasteiger partial charge in [-0.1, -0.05) is 23.7 Å². The Labute approximate surface area is 177 Å². The number of carbonyl (C=O) groups is 1. The van der Waals surface area contributed by atoms with Crippen LogP contribution in [0.15, 0.2) is 59.2 Å². The van der Waals surface area contributed by atoms with Crippen LogP contribution < -0.4 is 10.6 Å². The number of nitrogens with one attached hydrogen (secondary N) is 2. The molecule has 0 atom stereocenters. The molecule has 0 spiro atoms. The fourth-order valence-corrected chi connectivity index (χ4v) is 4.39. The number of carbonyl (C=O) groups excluding carboxylic acids is 1. The Balaban J connectivity index is 1.36. The predicted molar refractivity (Wildman–Crippen MR) is 118 cm³/mol. The minimum absolute atomic E-state index is 0.0131. The maximum Gasteiger partial charge on any atom is 0.252 e. The van der Waals surface area contributed by atoms with E-state index < -0.39 is 0 Å². The highest BCUT2D eigenvalue weighted by molar-refractivity contribution is 9.10. The monoisotopic (exact) mass is 457 g/mol. The van der Waals surface area contributed by atoms with Crippen LogP contribution in [0.1, 0.15) is 36.0 Å². The fraction of sp³-hybridized carbons (Fsp3) is 0.273. The Kier molecular flexibility index (Phi) is 5.83. The number of hydrogen-bond donors (Lipinski definition) is 2. The van der Waals surface area contributed by atoms with Gasteiger partial charge in [0.05, 0.1) is 11.1 Å². The molecule has 0 unspecified atom stereocenters. The molecule has 144 valence electrons. The van der Waals surface area contributed by atoms with Crippen LogP contribution in [0.3, 0.4) is 0 Å². The number of rotatable bonds is 4. The number of amides is 1. The highest BCUT2D eigenvalue weighted by atomic mass is 79.9. The second kappa shape index (κ2) is 8.50. The lowest BCUT2D eigenvalue weighted by Gasteiger charge is -2.30. The lowest BCUT2D eigenvalue weighted by atomic mass is 9.90. The summed E-state index contributed by atoms with van der Waals surface area (Å²) in [4.78, 5) is 16.9. The lowest BCUT2D eigenvalue weighted by molar-refractivity contribution is 0.0926. The summed E-state index contributed by atoms with van der Waals surface area (Å²) in [5.41, 5.74) is 2.67. The van der Waals surface area contributed by atoms with Gasteiger partial charge in [0.2, 0.25) is 0 Å². The smallest absolute Gasteiger partial charge is 0.252 e. The largest absolute Gasteiger partial charge is 0.382 e. The third-order valence-electron chi connectivity index (χ3n) is 5.25. The summed E-state index contributed by atoms with van der Waals surface area (Å²) < 4.78 is 0.826. The molecule has 0 saturated heterocycles. The quantitative estimate of drug-likeness (QED) is 0.519. The number of nitrogens with zero attached hydrogens (tertiary/aromatic N) is 1. The van der Waals surface area contributed by atoms with E-state index in [9.17, 15) is 4.79 Å². The maximum atomic E-state index is 12.5. The van der Waals surface area contributed by atoms with Crippen molar-refractivity contribution in [3.8, 4) is 0 Å². The number of hydrogen-bond acceptors (Lipinski definition) is 3. The molecule has 4 nitrogen and oxygen atoms in total. The van der Waals surface area contributed by atoms with Gasteiger partial charge in [-0.05, 0) is 78.0 Å². The van der Waals surface area contributed by atoms with Crippen molar-refractivity contribution in [1.29, 1.82) is 0 Å². The van der Waals surface area contributed by atoms with E-state index in [4.69, 9.17) is 11.6 Å². The van der Waals surface area contributed by atoms with Crippen LogP contribution in [0.4, 0.5) is 5.69 Å². The second-order valence-electron chi connectivity index (χ2n) is 7.17. The molecule has 0 bridgehead atoms. The van der Waals surface area contributed by atoms with E-state index >= 15 is 0 Å². The van der Waals surface area contributed by atoms with E-state index in [0.717, 1.165) is 46.7 Å². The molecule has 2 aromatic carbocycles. The van der Waals surface area contributed by atoms with Crippen LogP contribution in [0.25, 0.3) is 10.9 Å². The third-order valence-corrected chi connectivity index (χ3v) is 6.17. The molecule has 1 fully saturated rings. The zero-order valence-corrected chi connectivity index (χ0v) is 17.6. The third kappa shape index (κ3) is 4.31. The molecule has 2 N–H and O–H groups in total. The van der Waals surface area contributed by atoms with Crippen LogP contribution in [0, 0.1) is 0 Å². The van der Waals surface area contributed by atoms with Crippen LogP contribution in [-0.2, 0) is 0 Å². The number of benzene rings is 2. The summed E-state index contributed by atoms with van der Waals surface area (Å²) >= 11 is 9.52. The topological polar surface area (TPSA) is 54.0 Å². The van der Waals surface area contributed by atoms with Crippen molar-refractivity contribution in [3.63, 3.8) is 0 Å². The van der Waals surface area contributed by atoms with Gasteiger partial charge in [0.15, 0.2) is 0 Å². The molecule has 1 heterocycles. The summed E-state index contributed by atoms with van der Waals surface area (Å²) in [5, 5.41) is 8.60. The minimum Gasteiger partial charge on any atom is -0.382 e. The molecule has 0 radical (unpaired) electrons. The van der Waals surface area contributed by atoms with Crippen molar-refractivity contribution >= 4 is 50.0 Å². The van der Waals surface area contributed by atoms with Crippen molar-refractivity contribution in [3.05, 3.63) is 69.8 Å². The van der Waals surface area contributed by atoms with Crippen LogP contribution in [-0.4, -0.2) is 23.0 Å². The Morgan fingerprint density at radius 3 is 2.57 bits per heavy atom. The average molecular weight is 459 g/mol. The van der Waals surface area contributed by atoms with Gasteiger partial charge < -0.3 is 10.6 Å². The molecular formula is C22H21BrClN3O. The molecule has 1 saturated carbocycles. The zero-order chi connectivity index (χ0) is 19.5. The van der Waals surface area contributed by atoms with Crippen LogP contribution >= 0.6 is 27.5 Å². The van der Waals surface area contributed by atoms with Crippen molar-refractivity contribution in [1.82, 2.24) is 10.3 Å². The van der Waals surface area contributed by atoms with Crippen LogP contribution in [0.2, 0.25) is 5.02 Å². The first-order chi connectivity index (χ1) is 13.6. The second-order valence-corrected chi connectivity index (χ2v) is 8.46. The van der Waals surface area contributed by atoms with Gasteiger partial charge >= 0.3 is 0 Å². The van der Waals surface area contributed by atoms with Crippen molar-refractivity contribution < 1.29 is 4.79 Å². The van der Waals surface area contributed by atoms with Crippen molar-refractivity contribution in [2.75, 3.05) is 5.32 Å². The normalized spacial score (nSPS) is 19.4. The van der Waals surface area contributed by atoms with Gasteiger partial charge in [0.25, 0.3) is 5.91 Å². The molecule has 4 rings (SSSR count). The SMILES string of the molecule is O=C(N[C@H]1CC[C@@H](Nc2ccnc3cc(Cl)ccc23)CC1)c1ccccc1Br. The molecular weight excluding hydrogens is 438 g/mol. The number of halogens is 2. The summed E-state index contributed by atoms with van der Waals surface area (Å²) in [7, 11) is 0. The highest BCUT2D eigenvalue weighted by Crippen LogP contribution is 2.28. The predicted octanol–water partition coefficient (Wildman–Crippen LogP) is 5.80. The fourth-order valence-electron chi connectivity index (χ4n) is 3.76. The highest BCUT2D eigenvalue weighted by Gasteiger charge is 2.23. The first-order valence-electron chi connectivity index (χ1n) is 9.46. The number of anilines is 1. The van der Waals surface area contributed by atoms with Crippen molar-refractivity contribution in [2.24, 2.45) is 0 Å². The number of pyridine rings is 1. The molecule has 6 heteroatoms. The van der Waals surface area contributed by atoms with Gasteiger partial charge in [-0.3, -0.25) is 9.78 Å². The van der Waals surface area contributed by atoms with E-state index in [1.54, 1.807) is 0 Å². The van der Waals surface area contributed by atoms with E-state index in [2.05, 4.69) is 31.5 Å². The molecule has 28 heavy (non-hydrogen) atoms.